The van der Waals surface area contributed by atoms with Crippen LogP contribution in [0, 0.1) is 0 Å². The Morgan fingerprint density at radius 1 is 1.36 bits per heavy atom. The van der Waals surface area contributed by atoms with Crippen LogP contribution in [0.25, 0.3) is 16.9 Å². The summed E-state index contributed by atoms with van der Waals surface area (Å²) in [6, 6.07) is 5.17. The van der Waals surface area contributed by atoms with E-state index in [2.05, 4.69) is 20.4 Å². The molecule has 3 heterocycles. The number of carbonyl (C=O) groups excluding carboxylic acids is 1. The highest BCUT2D eigenvalue weighted by Crippen LogP contribution is 2.39. The number of anilines is 2. The minimum absolute atomic E-state index is 0.0734. The van der Waals surface area contributed by atoms with Gasteiger partial charge in [-0.25, -0.2) is 0 Å². The Hall–Kier alpha value is -3.20. The van der Waals surface area contributed by atoms with Crippen LogP contribution in [0.4, 0.5) is 11.6 Å². The summed E-state index contributed by atoms with van der Waals surface area (Å²) in [7, 11) is 0. The molecule has 144 valence electrons. The standard InChI is InChI=1S/C18H17ClN6O3/c1-18(2)13-14(20)21-17(23-15(13)22-16(18)28)25-11-5-3-8(19)7-9(11)10(24-25)4-6-12(26)27/h3,5,7H,4,6H2,1-2H3,(H,26,27)(H3,20,21,22,23,28). The number of halogens is 1. The maximum Gasteiger partial charge on any atom is 0.303 e. The maximum absolute atomic E-state index is 12.2. The number of aryl methyl sites for hydroxylation is 1. The van der Waals surface area contributed by atoms with Crippen LogP contribution in [-0.2, 0) is 21.4 Å². The zero-order valence-electron chi connectivity index (χ0n) is 15.2. The van der Waals surface area contributed by atoms with E-state index in [0.717, 1.165) is 0 Å². The minimum atomic E-state index is -0.923. The Kier molecular flexibility index (Phi) is 4.00. The van der Waals surface area contributed by atoms with E-state index in [4.69, 9.17) is 22.4 Å². The molecule has 0 atom stereocenters. The number of nitrogens with one attached hydrogen (secondary N) is 1. The van der Waals surface area contributed by atoms with Gasteiger partial charge >= 0.3 is 5.97 Å². The Morgan fingerprint density at radius 2 is 2.11 bits per heavy atom. The molecule has 0 radical (unpaired) electrons. The number of hydrogen-bond donors (Lipinski definition) is 3. The molecule has 1 amide bonds. The lowest BCUT2D eigenvalue weighted by atomic mass is 9.87. The minimum Gasteiger partial charge on any atom is -0.481 e. The maximum atomic E-state index is 12.2. The fourth-order valence-electron chi connectivity index (χ4n) is 3.36. The molecule has 0 bridgehead atoms. The molecule has 3 aromatic rings. The number of aliphatic carboxylic acids is 1. The molecule has 1 aliphatic heterocycles. The monoisotopic (exact) mass is 400 g/mol. The lowest BCUT2D eigenvalue weighted by Crippen LogP contribution is -2.27. The van der Waals surface area contributed by atoms with Gasteiger partial charge in [0.15, 0.2) is 0 Å². The van der Waals surface area contributed by atoms with E-state index < -0.39 is 11.4 Å². The molecule has 1 aromatic carbocycles. The smallest absolute Gasteiger partial charge is 0.303 e. The van der Waals surface area contributed by atoms with E-state index in [1.807, 2.05) is 0 Å². The van der Waals surface area contributed by atoms with E-state index in [-0.39, 0.29) is 30.5 Å². The van der Waals surface area contributed by atoms with Crippen molar-refractivity contribution in [2.45, 2.75) is 32.1 Å². The van der Waals surface area contributed by atoms with Crippen molar-refractivity contribution in [3.05, 3.63) is 34.5 Å². The van der Waals surface area contributed by atoms with Gasteiger partial charge < -0.3 is 16.2 Å². The van der Waals surface area contributed by atoms with Crippen LogP contribution in [0.3, 0.4) is 0 Å². The molecule has 28 heavy (non-hydrogen) atoms. The summed E-state index contributed by atoms with van der Waals surface area (Å²) in [6.07, 6.45) is 0.152. The van der Waals surface area contributed by atoms with Gasteiger partial charge in [0.2, 0.25) is 5.91 Å². The molecule has 1 aliphatic rings. The van der Waals surface area contributed by atoms with Gasteiger partial charge in [0.25, 0.3) is 5.95 Å². The molecule has 4 N–H and O–H groups in total. The molecule has 0 unspecified atom stereocenters. The average Bonchev–Trinajstić information content (AvgIpc) is 3.07. The van der Waals surface area contributed by atoms with Crippen molar-refractivity contribution in [1.82, 2.24) is 19.7 Å². The van der Waals surface area contributed by atoms with Crippen molar-refractivity contribution in [3.8, 4) is 5.95 Å². The van der Waals surface area contributed by atoms with E-state index in [0.29, 0.717) is 33.0 Å². The summed E-state index contributed by atoms with van der Waals surface area (Å²) < 4.78 is 1.48. The number of benzene rings is 1. The number of carbonyl (C=O) groups is 2. The van der Waals surface area contributed by atoms with Crippen LogP contribution >= 0.6 is 11.6 Å². The largest absolute Gasteiger partial charge is 0.481 e. The Labute approximate surface area is 164 Å². The van der Waals surface area contributed by atoms with Crippen LogP contribution in [0.1, 0.15) is 31.5 Å². The second-order valence-corrected chi connectivity index (χ2v) is 7.56. The Bertz CT molecular complexity index is 1150. The predicted octanol–water partition coefficient (Wildman–Crippen LogP) is 2.30. The second kappa shape index (κ2) is 6.16. The summed E-state index contributed by atoms with van der Waals surface area (Å²) in [5.41, 5.74) is 7.08. The molecule has 4 rings (SSSR count). The lowest BCUT2D eigenvalue weighted by Gasteiger charge is -2.16. The molecule has 9 nitrogen and oxygen atoms in total. The van der Waals surface area contributed by atoms with Crippen LogP contribution in [0.5, 0.6) is 0 Å². The van der Waals surface area contributed by atoms with Gasteiger partial charge in [0.05, 0.1) is 28.6 Å². The molecule has 0 saturated heterocycles. The number of rotatable bonds is 4. The number of nitrogens with zero attached hydrogens (tertiary/aromatic N) is 4. The summed E-state index contributed by atoms with van der Waals surface area (Å²) in [6.45, 7) is 3.51. The van der Waals surface area contributed by atoms with Gasteiger partial charge in [-0.05, 0) is 32.0 Å². The first kappa shape index (κ1) is 18.2. The highest BCUT2D eigenvalue weighted by molar-refractivity contribution is 6.31. The SMILES string of the molecule is CC1(C)C(=O)Nc2nc(-n3nc(CCC(=O)O)c4cc(Cl)ccc43)nc(N)c21. The zero-order valence-corrected chi connectivity index (χ0v) is 15.9. The van der Waals surface area contributed by atoms with E-state index in [1.165, 1.54) is 4.68 Å². The Morgan fingerprint density at radius 3 is 2.82 bits per heavy atom. The molecule has 0 aliphatic carbocycles. The molecule has 0 fully saturated rings. The van der Waals surface area contributed by atoms with E-state index in [9.17, 15) is 9.59 Å². The van der Waals surface area contributed by atoms with Crippen molar-refractivity contribution in [1.29, 1.82) is 0 Å². The summed E-state index contributed by atoms with van der Waals surface area (Å²) in [5.74, 6) is -0.411. The van der Waals surface area contributed by atoms with Gasteiger partial charge in [0.1, 0.15) is 11.6 Å². The quantitative estimate of drug-likeness (QED) is 0.611. The Balaban J connectivity index is 1.89. The molecule has 2 aromatic heterocycles. The highest BCUT2D eigenvalue weighted by Gasteiger charge is 2.42. The van der Waals surface area contributed by atoms with Crippen molar-refractivity contribution < 1.29 is 14.7 Å². The van der Waals surface area contributed by atoms with Crippen molar-refractivity contribution in [3.63, 3.8) is 0 Å². The van der Waals surface area contributed by atoms with Crippen molar-refractivity contribution in [2.24, 2.45) is 0 Å². The molecule has 0 saturated carbocycles. The lowest BCUT2D eigenvalue weighted by molar-refractivity contribution is -0.137. The van der Waals surface area contributed by atoms with Gasteiger partial charge in [0, 0.05) is 16.8 Å². The summed E-state index contributed by atoms with van der Waals surface area (Å²) in [5, 5.41) is 17.4. The summed E-state index contributed by atoms with van der Waals surface area (Å²) >= 11 is 6.11. The zero-order chi connectivity index (χ0) is 20.2. The normalized spacial score (nSPS) is 14.9. The fraction of sp³-hybridized carbons (Fsp3) is 0.278. The van der Waals surface area contributed by atoms with Gasteiger partial charge in [-0.3, -0.25) is 9.59 Å². The number of nitrogen functional groups attached to an aromatic ring is 1. The second-order valence-electron chi connectivity index (χ2n) is 7.13. The third kappa shape index (κ3) is 2.75. The fourth-order valence-corrected chi connectivity index (χ4v) is 3.53. The number of carboxylic acid groups (broad SMARTS) is 1. The first-order chi connectivity index (χ1) is 13.2. The third-order valence-electron chi connectivity index (χ3n) is 4.83. The number of hydrogen-bond acceptors (Lipinski definition) is 6. The van der Waals surface area contributed by atoms with E-state index in [1.54, 1.807) is 32.0 Å². The van der Waals surface area contributed by atoms with Crippen LogP contribution in [0.15, 0.2) is 18.2 Å². The van der Waals surface area contributed by atoms with Crippen LogP contribution < -0.4 is 11.1 Å². The first-order valence-corrected chi connectivity index (χ1v) is 8.95. The highest BCUT2D eigenvalue weighted by atomic mass is 35.5. The van der Waals surface area contributed by atoms with Gasteiger partial charge in [-0.1, -0.05) is 11.6 Å². The van der Waals surface area contributed by atoms with Gasteiger partial charge in [-0.15, -0.1) is 0 Å². The molecule has 0 spiro atoms. The number of nitrogens with two attached hydrogens (primary N) is 1. The van der Waals surface area contributed by atoms with Crippen molar-refractivity contribution in [2.75, 3.05) is 11.1 Å². The summed E-state index contributed by atoms with van der Waals surface area (Å²) in [4.78, 5) is 32.0. The first-order valence-electron chi connectivity index (χ1n) is 8.57. The number of carboxylic acids is 1. The number of aromatic nitrogens is 4. The molecular formula is C18H17ClN6O3. The predicted molar refractivity (Wildman–Crippen MR) is 104 cm³/mol. The molecular weight excluding hydrogens is 384 g/mol. The average molecular weight is 401 g/mol. The van der Waals surface area contributed by atoms with Crippen molar-refractivity contribution >= 4 is 46.0 Å². The number of amides is 1. The third-order valence-corrected chi connectivity index (χ3v) is 5.07. The number of fused-ring (bicyclic) bond motifs is 2. The van der Waals surface area contributed by atoms with E-state index >= 15 is 0 Å². The molecule has 10 heteroatoms. The van der Waals surface area contributed by atoms with Crippen LogP contribution in [-0.4, -0.2) is 36.7 Å². The van der Waals surface area contributed by atoms with Gasteiger partial charge in [-0.2, -0.15) is 19.7 Å². The van der Waals surface area contributed by atoms with Crippen LogP contribution in [0.2, 0.25) is 5.02 Å². The topological polar surface area (TPSA) is 136 Å².